The first kappa shape index (κ1) is 31.7. The van der Waals surface area contributed by atoms with Crippen molar-refractivity contribution < 1.29 is 32.2 Å². The summed E-state index contributed by atoms with van der Waals surface area (Å²) in [6.07, 6.45) is 8.42. The maximum Gasteiger partial charge on any atom is 0.264 e. The fraction of sp³-hybridized carbons (Fsp3) is 0.562. The van der Waals surface area contributed by atoms with Crippen molar-refractivity contribution in [2.75, 3.05) is 20.2 Å². The Hall–Kier alpha value is -3.22. The molecule has 3 aliphatic carbocycles. The second kappa shape index (κ2) is 13.3. The van der Waals surface area contributed by atoms with Crippen LogP contribution < -0.4 is 19.5 Å². The minimum absolute atomic E-state index is 0.116. The lowest BCUT2D eigenvalue weighted by molar-refractivity contribution is -0.140. The van der Waals surface area contributed by atoms with Crippen molar-refractivity contribution in [3.05, 3.63) is 41.4 Å². The summed E-state index contributed by atoms with van der Waals surface area (Å²) in [4.78, 5) is 47.5. The number of nitrogens with one attached hydrogen (secondary N) is 2. The van der Waals surface area contributed by atoms with Crippen molar-refractivity contribution in [1.29, 1.82) is 0 Å². The molecule has 45 heavy (non-hydrogen) atoms. The molecule has 6 atom stereocenters. The molecule has 1 aromatic carbocycles. The van der Waals surface area contributed by atoms with Crippen LogP contribution in [-0.4, -0.2) is 69.8 Å². The van der Waals surface area contributed by atoms with Gasteiger partial charge in [0.25, 0.3) is 17.2 Å². The summed E-state index contributed by atoms with van der Waals surface area (Å²) in [5.41, 5.74) is -0.725. The maximum absolute atomic E-state index is 14.0. The Morgan fingerprint density at radius 1 is 1.20 bits per heavy atom. The van der Waals surface area contributed by atoms with E-state index in [1.165, 1.54) is 0 Å². The number of carbonyl (C=O) groups excluding carboxylic acids is 3. The Morgan fingerprint density at radius 2 is 2.00 bits per heavy atom. The number of para-hydroxylation sites is 1. The highest BCUT2D eigenvalue weighted by Crippen LogP contribution is 2.47. The number of hydrogen-bond donors (Lipinski definition) is 2. The summed E-state index contributed by atoms with van der Waals surface area (Å²) in [5.74, 6) is -1.85. The van der Waals surface area contributed by atoms with Crippen LogP contribution in [0.15, 0.2) is 36.4 Å². The number of halogens is 1. The number of pyridine rings is 1. The highest BCUT2D eigenvalue weighted by atomic mass is 35.5. The number of nitrogens with zero attached hydrogens (tertiary/aromatic N) is 2. The second-order valence-corrected chi connectivity index (χ2v) is 13.6. The minimum atomic E-state index is -2.00. The van der Waals surface area contributed by atoms with Crippen LogP contribution in [0.5, 0.6) is 11.6 Å². The topological polar surface area (TPSA) is 136 Å². The van der Waals surface area contributed by atoms with Crippen LogP contribution in [0.4, 0.5) is 0 Å². The van der Waals surface area contributed by atoms with Gasteiger partial charge >= 0.3 is 0 Å². The van der Waals surface area contributed by atoms with Gasteiger partial charge in [-0.25, -0.2) is 13.9 Å². The highest BCUT2D eigenvalue weighted by molar-refractivity contribution is 7.78. The number of carbonyl (C=O) groups is 3. The van der Waals surface area contributed by atoms with Crippen LogP contribution >= 0.6 is 11.6 Å². The highest BCUT2D eigenvalue weighted by Gasteiger charge is 2.61. The largest absolute Gasteiger partial charge is 0.489 e. The van der Waals surface area contributed by atoms with Crippen molar-refractivity contribution in [3.8, 4) is 11.6 Å². The minimum Gasteiger partial charge on any atom is -0.489 e. The van der Waals surface area contributed by atoms with Gasteiger partial charge in [0.1, 0.15) is 17.4 Å². The standard InChI is InChI=1S/C32H39ClN4O7S/c1-3-42-27-17-26(22-10-8-11-25(33)28(22)34-27)43-21-15-23-24(16-21)30(39)37(2)14-7-5-4-6-9-19-18-32(19,35-29(23)38)31(40)36-45(41)44-20-12-13-20/h6,8-11,17,19-21,23-24H,3-5,7,12-16,18H2,1-2H3,(H,35,38)(H,36,40)/b9-6-/t19-,21-,23-,24-,32-,45?/m1/s1. The van der Waals surface area contributed by atoms with Gasteiger partial charge in [-0.2, -0.15) is 0 Å². The van der Waals surface area contributed by atoms with Crippen LogP contribution in [0.1, 0.15) is 58.3 Å². The van der Waals surface area contributed by atoms with Gasteiger partial charge in [-0.05, 0) is 70.4 Å². The zero-order chi connectivity index (χ0) is 31.7. The number of ether oxygens (including phenoxy) is 2. The van der Waals surface area contributed by atoms with Gasteiger partial charge in [0.05, 0.1) is 35.1 Å². The summed E-state index contributed by atoms with van der Waals surface area (Å²) >= 11 is 4.46. The quantitative estimate of drug-likeness (QED) is 0.406. The Balaban J connectivity index is 1.27. The molecule has 2 aromatic rings. The molecular formula is C32H39ClN4O7S. The molecule has 0 radical (unpaired) electrons. The Labute approximate surface area is 270 Å². The summed E-state index contributed by atoms with van der Waals surface area (Å²) in [7, 11) is 1.76. The van der Waals surface area contributed by atoms with Gasteiger partial charge < -0.3 is 19.7 Å². The van der Waals surface area contributed by atoms with Gasteiger partial charge in [-0.3, -0.25) is 18.6 Å². The Kier molecular flexibility index (Phi) is 9.35. The molecule has 2 N–H and O–H groups in total. The molecule has 0 saturated heterocycles. The van der Waals surface area contributed by atoms with E-state index in [0.717, 1.165) is 32.1 Å². The summed E-state index contributed by atoms with van der Waals surface area (Å²) in [5, 5.41) is 4.13. The molecule has 6 rings (SSSR count). The molecule has 3 fully saturated rings. The van der Waals surface area contributed by atoms with E-state index in [1.54, 1.807) is 24.1 Å². The third-order valence-corrected chi connectivity index (χ3v) is 10.1. The van der Waals surface area contributed by atoms with Gasteiger partial charge in [-0.1, -0.05) is 29.8 Å². The van der Waals surface area contributed by atoms with Crippen LogP contribution in [-0.2, 0) is 29.8 Å². The van der Waals surface area contributed by atoms with Gasteiger partial charge in [0.2, 0.25) is 17.7 Å². The van der Waals surface area contributed by atoms with E-state index in [0.29, 0.717) is 53.5 Å². The van der Waals surface area contributed by atoms with E-state index in [-0.39, 0.29) is 24.3 Å². The molecule has 3 saturated carbocycles. The number of aromatic nitrogens is 1. The zero-order valence-corrected chi connectivity index (χ0v) is 27.0. The van der Waals surface area contributed by atoms with Crippen molar-refractivity contribution in [2.24, 2.45) is 17.8 Å². The lowest BCUT2D eigenvalue weighted by Gasteiger charge is -2.26. The molecule has 4 aliphatic rings. The van der Waals surface area contributed by atoms with E-state index < -0.39 is 46.6 Å². The fourth-order valence-corrected chi connectivity index (χ4v) is 7.39. The van der Waals surface area contributed by atoms with Crippen LogP contribution in [0, 0.1) is 17.8 Å². The third kappa shape index (κ3) is 6.97. The van der Waals surface area contributed by atoms with Crippen LogP contribution in [0.3, 0.4) is 0 Å². The lowest BCUT2D eigenvalue weighted by Crippen LogP contribution is -2.53. The molecule has 11 nitrogen and oxygen atoms in total. The summed E-state index contributed by atoms with van der Waals surface area (Å²) in [6.45, 7) is 2.84. The van der Waals surface area contributed by atoms with E-state index in [2.05, 4.69) is 15.0 Å². The zero-order valence-electron chi connectivity index (χ0n) is 25.5. The third-order valence-electron chi connectivity index (χ3n) is 9.04. The molecule has 1 unspecified atom stereocenters. The average Bonchev–Trinajstić information content (AvgIpc) is 3.91. The molecule has 1 aliphatic heterocycles. The predicted molar refractivity (Wildman–Crippen MR) is 169 cm³/mol. The first-order chi connectivity index (χ1) is 21.7. The summed E-state index contributed by atoms with van der Waals surface area (Å²) in [6, 6.07) is 7.12. The van der Waals surface area contributed by atoms with Gasteiger partial charge in [0, 0.05) is 31.0 Å². The van der Waals surface area contributed by atoms with Crippen LogP contribution in [0.2, 0.25) is 5.02 Å². The molecular weight excluding hydrogens is 620 g/mol. The molecule has 2 heterocycles. The average molecular weight is 659 g/mol. The van der Waals surface area contributed by atoms with Crippen molar-refractivity contribution in [2.45, 2.75) is 76.0 Å². The summed E-state index contributed by atoms with van der Waals surface area (Å²) < 4.78 is 32.4. The van der Waals surface area contributed by atoms with Crippen LogP contribution in [0.25, 0.3) is 10.9 Å². The maximum atomic E-state index is 14.0. The van der Waals surface area contributed by atoms with E-state index in [4.69, 9.17) is 25.3 Å². The van der Waals surface area contributed by atoms with Gasteiger partial charge in [-0.15, -0.1) is 0 Å². The smallest absolute Gasteiger partial charge is 0.264 e. The van der Waals surface area contributed by atoms with E-state index in [1.807, 2.05) is 31.2 Å². The Bertz CT molecular complexity index is 1530. The number of amides is 3. The van der Waals surface area contributed by atoms with Crippen molar-refractivity contribution >= 4 is 51.5 Å². The van der Waals surface area contributed by atoms with Crippen molar-refractivity contribution in [1.82, 2.24) is 19.9 Å². The fourth-order valence-electron chi connectivity index (χ4n) is 6.35. The second-order valence-electron chi connectivity index (χ2n) is 12.4. The molecule has 0 bridgehead atoms. The first-order valence-corrected chi connectivity index (χ1v) is 17.2. The molecule has 1 aromatic heterocycles. The molecule has 242 valence electrons. The molecule has 3 amide bonds. The SMILES string of the molecule is CCOc1cc(O[C@@H]2C[C@H]3C(=O)N[C@]4(C(=O)NS(=O)OC5CC5)C[C@H]4/C=C\CCCCN(C)C(=O)[C@@H]3C2)c2cccc(Cl)c2n1. The van der Waals surface area contributed by atoms with Crippen molar-refractivity contribution in [3.63, 3.8) is 0 Å². The van der Waals surface area contributed by atoms with Gasteiger partial charge in [0.15, 0.2) is 0 Å². The first-order valence-electron chi connectivity index (χ1n) is 15.7. The number of hydrogen-bond acceptors (Lipinski definition) is 8. The van der Waals surface area contributed by atoms with E-state index in [9.17, 15) is 18.6 Å². The molecule has 13 heteroatoms. The number of benzene rings is 1. The number of fused-ring (bicyclic) bond motifs is 3. The number of rotatable bonds is 8. The number of allylic oxidation sites excluding steroid dienone is 1. The lowest BCUT2D eigenvalue weighted by atomic mass is 9.93. The predicted octanol–water partition coefficient (Wildman–Crippen LogP) is 4.01. The monoisotopic (exact) mass is 658 g/mol. The molecule has 0 spiro atoms. The Morgan fingerprint density at radius 3 is 2.78 bits per heavy atom. The van der Waals surface area contributed by atoms with E-state index >= 15 is 0 Å². The normalized spacial score (nSPS) is 30.0.